The zero-order chi connectivity index (χ0) is 25.8. The second-order valence-corrected chi connectivity index (χ2v) is 8.66. The van der Waals surface area contributed by atoms with Gasteiger partial charge in [0.1, 0.15) is 16.7 Å². The standard InChI is InChI=1S/C23H21F3N4O4S/c1-12(2)18(21(32)33)30-19(31)17-11-35-20(29-17)13-6-8-15(9-7-13)27-22(34)28-16-5-3-4-14(10-16)23(24,25)26/h3-12,18H,1-2H3,(H,30,31)(H,32,33)(H2,27,28,34)/t18-/m0/s1. The van der Waals surface area contributed by atoms with E-state index in [4.69, 9.17) is 0 Å². The summed E-state index contributed by atoms with van der Waals surface area (Å²) < 4.78 is 38.5. The lowest BCUT2D eigenvalue weighted by molar-refractivity contribution is -0.140. The van der Waals surface area contributed by atoms with Crippen LogP contribution in [0.5, 0.6) is 0 Å². The summed E-state index contributed by atoms with van der Waals surface area (Å²) in [4.78, 5) is 40.1. The zero-order valence-electron chi connectivity index (χ0n) is 18.5. The first kappa shape index (κ1) is 25.7. The summed E-state index contributed by atoms with van der Waals surface area (Å²) in [6, 6.07) is 8.95. The van der Waals surface area contributed by atoms with E-state index in [1.807, 2.05) is 0 Å². The Morgan fingerprint density at radius 2 is 1.66 bits per heavy atom. The monoisotopic (exact) mass is 506 g/mol. The van der Waals surface area contributed by atoms with Crippen molar-refractivity contribution in [2.24, 2.45) is 5.92 Å². The van der Waals surface area contributed by atoms with Crippen LogP contribution in [0.1, 0.15) is 29.9 Å². The van der Waals surface area contributed by atoms with Crippen LogP contribution in [0.2, 0.25) is 0 Å². The van der Waals surface area contributed by atoms with Gasteiger partial charge in [0.2, 0.25) is 0 Å². The molecule has 4 N–H and O–H groups in total. The normalized spacial score (nSPS) is 12.2. The Hall–Kier alpha value is -3.93. The number of rotatable bonds is 7. The molecule has 0 bridgehead atoms. The summed E-state index contributed by atoms with van der Waals surface area (Å²) in [5, 5.41) is 18.6. The van der Waals surface area contributed by atoms with Crippen molar-refractivity contribution in [3.8, 4) is 10.6 Å². The van der Waals surface area contributed by atoms with Crippen LogP contribution in [0.4, 0.5) is 29.3 Å². The van der Waals surface area contributed by atoms with Crippen molar-refractivity contribution in [2.75, 3.05) is 10.6 Å². The molecule has 35 heavy (non-hydrogen) atoms. The third kappa shape index (κ3) is 6.79. The Morgan fingerprint density at radius 1 is 1.00 bits per heavy atom. The molecule has 0 unspecified atom stereocenters. The second kappa shape index (κ2) is 10.6. The number of carbonyl (C=O) groups is 3. The highest BCUT2D eigenvalue weighted by molar-refractivity contribution is 7.13. The average molecular weight is 507 g/mol. The minimum absolute atomic E-state index is 0.00913. The molecule has 0 radical (unpaired) electrons. The van der Waals surface area contributed by atoms with Crippen LogP contribution >= 0.6 is 11.3 Å². The van der Waals surface area contributed by atoms with Gasteiger partial charge in [0.25, 0.3) is 5.91 Å². The number of alkyl halides is 3. The molecule has 0 saturated heterocycles. The summed E-state index contributed by atoms with van der Waals surface area (Å²) in [6.45, 7) is 3.36. The average Bonchev–Trinajstić information content (AvgIpc) is 3.27. The Bertz CT molecular complexity index is 1230. The molecule has 2 aromatic carbocycles. The summed E-state index contributed by atoms with van der Waals surface area (Å²) in [7, 11) is 0. The fraction of sp³-hybridized carbons (Fsp3) is 0.217. The van der Waals surface area contributed by atoms with Crippen LogP contribution in [-0.2, 0) is 11.0 Å². The molecular formula is C23H21F3N4O4S. The Balaban J connectivity index is 1.62. The SMILES string of the molecule is CC(C)[C@H](NC(=O)c1csc(-c2ccc(NC(=O)Nc3cccc(C(F)(F)F)c3)cc2)n1)C(=O)O. The molecule has 184 valence electrons. The highest BCUT2D eigenvalue weighted by Gasteiger charge is 2.30. The Kier molecular flexibility index (Phi) is 7.75. The van der Waals surface area contributed by atoms with E-state index < -0.39 is 35.7 Å². The number of nitrogens with one attached hydrogen (secondary N) is 3. The number of amides is 3. The molecule has 3 rings (SSSR count). The quantitative estimate of drug-likeness (QED) is 0.346. The predicted molar refractivity (Wildman–Crippen MR) is 125 cm³/mol. The lowest BCUT2D eigenvalue weighted by atomic mass is 10.0. The van der Waals surface area contributed by atoms with Gasteiger partial charge in [0.15, 0.2) is 0 Å². The van der Waals surface area contributed by atoms with E-state index in [-0.39, 0.29) is 17.3 Å². The molecular weight excluding hydrogens is 485 g/mol. The summed E-state index contributed by atoms with van der Waals surface area (Å²) >= 11 is 1.19. The molecule has 0 aliphatic heterocycles. The number of carbonyl (C=O) groups excluding carboxylic acids is 2. The number of aliphatic carboxylic acids is 1. The van der Waals surface area contributed by atoms with Crippen molar-refractivity contribution in [1.82, 2.24) is 10.3 Å². The third-order valence-corrected chi connectivity index (χ3v) is 5.68. The van der Waals surface area contributed by atoms with Gasteiger partial charge in [-0.15, -0.1) is 11.3 Å². The molecule has 1 atom stereocenters. The van der Waals surface area contributed by atoms with Crippen molar-refractivity contribution < 1.29 is 32.7 Å². The number of hydrogen-bond acceptors (Lipinski definition) is 5. The smallest absolute Gasteiger partial charge is 0.416 e. The molecule has 0 fully saturated rings. The number of thiazole rings is 1. The largest absolute Gasteiger partial charge is 0.480 e. The van der Waals surface area contributed by atoms with Crippen LogP contribution in [-0.4, -0.2) is 34.0 Å². The van der Waals surface area contributed by atoms with E-state index in [0.717, 1.165) is 12.1 Å². The number of benzene rings is 2. The van der Waals surface area contributed by atoms with Crippen LogP contribution in [0.3, 0.4) is 0 Å². The maximum atomic E-state index is 12.8. The third-order valence-electron chi connectivity index (χ3n) is 4.79. The Morgan fingerprint density at radius 3 is 2.26 bits per heavy atom. The van der Waals surface area contributed by atoms with Crippen molar-refractivity contribution in [1.29, 1.82) is 0 Å². The van der Waals surface area contributed by atoms with E-state index in [0.29, 0.717) is 16.3 Å². The maximum Gasteiger partial charge on any atom is 0.416 e. The number of urea groups is 1. The fourth-order valence-corrected chi connectivity index (χ4v) is 3.81. The first-order valence-electron chi connectivity index (χ1n) is 10.3. The fourth-order valence-electron chi connectivity index (χ4n) is 3.00. The molecule has 8 nitrogen and oxygen atoms in total. The molecule has 12 heteroatoms. The molecule has 0 aliphatic carbocycles. The number of nitrogens with zero attached hydrogens (tertiary/aromatic N) is 1. The van der Waals surface area contributed by atoms with Crippen LogP contribution in [0.15, 0.2) is 53.9 Å². The molecule has 3 amide bonds. The summed E-state index contributed by atoms with van der Waals surface area (Å²) in [5.74, 6) is -2.04. The van der Waals surface area contributed by atoms with Crippen molar-refractivity contribution in [3.63, 3.8) is 0 Å². The van der Waals surface area contributed by atoms with Gasteiger partial charge in [-0.3, -0.25) is 4.79 Å². The molecule has 1 heterocycles. The summed E-state index contributed by atoms with van der Waals surface area (Å²) in [6.07, 6.45) is -4.52. The lowest BCUT2D eigenvalue weighted by Crippen LogP contribution is -2.44. The van der Waals surface area contributed by atoms with E-state index in [1.54, 1.807) is 38.1 Å². The molecule has 0 aliphatic rings. The summed E-state index contributed by atoms with van der Waals surface area (Å²) in [5.41, 5.74) is 0.231. The highest BCUT2D eigenvalue weighted by atomic mass is 32.1. The van der Waals surface area contributed by atoms with E-state index >= 15 is 0 Å². The van der Waals surface area contributed by atoms with Gasteiger partial charge in [-0.2, -0.15) is 13.2 Å². The molecule has 0 saturated carbocycles. The van der Waals surface area contributed by atoms with Crippen LogP contribution < -0.4 is 16.0 Å². The van der Waals surface area contributed by atoms with Crippen molar-refractivity contribution in [2.45, 2.75) is 26.1 Å². The van der Waals surface area contributed by atoms with Gasteiger partial charge in [-0.25, -0.2) is 14.6 Å². The predicted octanol–water partition coefficient (Wildman–Crippen LogP) is 5.31. The molecule has 1 aromatic heterocycles. The number of aromatic nitrogens is 1. The number of carboxylic acid groups (broad SMARTS) is 1. The first-order valence-corrected chi connectivity index (χ1v) is 11.2. The van der Waals surface area contributed by atoms with Crippen molar-refractivity contribution in [3.05, 3.63) is 65.2 Å². The van der Waals surface area contributed by atoms with Gasteiger partial charge in [0.05, 0.1) is 5.56 Å². The van der Waals surface area contributed by atoms with E-state index in [1.165, 1.54) is 28.8 Å². The topological polar surface area (TPSA) is 120 Å². The first-order chi connectivity index (χ1) is 16.4. The number of carboxylic acids is 1. The number of hydrogen-bond donors (Lipinski definition) is 4. The van der Waals surface area contributed by atoms with E-state index in [9.17, 15) is 32.7 Å². The van der Waals surface area contributed by atoms with Gasteiger partial charge in [-0.05, 0) is 48.4 Å². The van der Waals surface area contributed by atoms with Gasteiger partial charge in [0, 0.05) is 22.3 Å². The minimum atomic E-state index is -4.52. The zero-order valence-corrected chi connectivity index (χ0v) is 19.3. The van der Waals surface area contributed by atoms with Crippen LogP contribution in [0.25, 0.3) is 10.6 Å². The molecule has 3 aromatic rings. The number of anilines is 2. The Labute approximate surface area is 202 Å². The van der Waals surface area contributed by atoms with Gasteiger partial charge in [-0.1, -0.05) is 19.9 Å². The number of halogens is 3. The minimum Gasteiger partial charge on any atom is -0.480 e. The lowest BCUT2D eigenvalue weighted by Gasteiger charge is -2.16. The molecule has 0 spiro atoms. The van der Waals surface area contributed by atoms with Gasteiger partial charge < -0.3 is 21.1 Å². The highest BCUT2D eigenvalue weighted by Crippen LogP contribution is 2.31. The van der Waals surface area contributed by atoms with E-state index in [2.05, 4.69) is 20.9 Å². The maximum absolute atomic E-state index is 12.8. The van der Waals surface area contributed by atoms with Crippen molar-refractivity contribution >= 4 is 40.6 Å². The van der Waals surface area contributed by atoms with Gasteiger partial charge >= 0.3 is 18.2 Å². The van der Waals surface area contributed by atoms with Crippen LogP contribution in [0, 0.1) is 5.92 Å². The second-order valence-electron chi connectivity index (χ2n) is 7.81.